The zero-order valence-corrected chi connectivity index (χ0v) is 11.0. The second kappa shape index (κ2) is 7.78. The largest absolute Gasteiger partial charge is 0.409 e. The van der Waals surface area contributed by atoms with Crippen LogP contribution in [0, 0.1) is 0 Å². The molecule has 1 rings (SSSR count). The molecule has 0 aliphatic carbocycles. The summed E-state index contributed by atoms with van der Waals surface area (Å²) in [5, 5.41) is 14.3. The molecule has 0 bridgehead atoms. The van der Waals surface area contributed by atoms with Crippen molar-refractivity contribution in [2.75, 3.05) is 6.54 Å². The normalized spacial score (nSPS) is 12.7. The lowest BCUT2D eigenvalue weighted by Crippen LogP contribution is -2.37. The van der Waals surface area contributed by atoms with Gasteiger partial charge in [0.05, 0.1) is 0 Å². The number of rotatable bonds is 7. The van der Waals surface area contributed by atoms with E-state index in [9.17, 15) is 9.59 Å². The number of nitrogens with zero attached hydrogens (tertiary/aromatic N) is 1. The van der Waals surface area contributed by atoms with Gasteiger partial charge in [-0.25, -0.2) is 0 Å². The summed E-state index contributed by atoms with van der Waals surface area (Å²) in [5.74, 6) is -1.87. The molecule has 0 radical (unpaired) electrons. The number of hydrogen-bond acceptors (Lipinski definition) is 4. The van der Waals surface area contributed by atoms with Gasteiger partial charge in [0.2, 0.25) is 11.8 Å². The third-order valence-corrected chi connectivity index (χ3v) is 2.71. The Balaban J connectivity index is 2.70. The molecular weight excluding hydrogens is 260 g/mol. The number of benzene rings is 1. The van der Waals surface area contributed by atoms with Gasteiger partial charge in [0.1, 0.15) is 5.92 Å². The Hall–Kier alpha value is -2.57. The number of primary amides is 1. The van der Waals surface area contributed by atoms with Crippen LogP contribution in [0.15, 0.2) is 35.5 Å². The molecule has 6 N–H and O–H groups in total. The van der Waals surface area contributed by atoms with Gasteiger partial charge in [-0.1, -0.05) is 35.5 Å². The van der Waals surface area contributed by atoms with Crippen LogP contribution in [0.5, 0.6) is 0 Å². The predicted octanol–water partition coefficient (Wildman–Crippen LogP) is -0.102. The van der Waals surface area contributed by atoms with Crippen LogP contribution in [-0.2, 0) is 9.59 Å². The molecule has 0 saturated carbocycles. The molecule has 1 aromatic carbocycles. The van der Waals surface area contributed by atoms with Crippen molar-refractivity contribution in [3.8, 4) is 0 Å². The molecule has 0 saturated heterocycles. The molecule has 0 heterocycles. The van der Waals surface area contributed by atoms with E-state index in [0.717, 1.165) is 0 Å². The third kappa shape index (κ3) is 4.60. The summed E-state index contributed by atoms with van der Waals surface area (Å²) < 4.78 is 0. The van der Waals surface area contributed by atoms with Crippen LogP contribution in [0.2, 0.25) is 0 Å². The van der Waals surface area contributed by atoms with E-state index in [1.807, 2.05) is 0 Å². The fourth-order valence-electron chi connectivity index (χ4n) is 1.74. The number of carbonyl (C=O) groups is 2. The third-order valence-electron chi connectivity index (χ3n) is 2.71. The fourth-order valence-corrected chi connectivity index (χ4v) is 1.74. The first-order valence-corrected chi connectivity index (χ1v) is 6.14. The number of nitrogens with one attached hydrogen (secondary N) is 1. The highest BCUT2D eigenvalue weighted by Crippen LogP contribution is 2.16. The zero-order valence-electron chi connectivity index (χ0n) is 11.0. The topological polar surface area (TPSA) is 131 Å². The minimum absolute atomic E-state index is 0.191. The number of amidine groups is 1. The lowest BCUT2D eigenvalue weighted by molar-refractivity contribution is -0.122. The molecule has 20 heavy (non-hydrogen) atoms. The molecule has 0 fully saturated rings. The van der Waals surface area contributed by atoms with Crippen molar-refractivity contribution in [1.82, 2.24) is 5.32 Å². The molecule has 108 valence electrons. The van der Waals surface area contributed by atoms with E-state index in [4.69, 9.17) is 16.7 Å². The number of oxime groups is 1. The van der Waals surface area contributed by atoms with Gasteiger partial charge < -0.3 is 22.0 Å². The first-order valence-electron chi connectivity index (χ1n) is 6.14. The van der Waals surface area contributed by atoms with Gasteiger partial charge in [-0.2, -0.15) is 0 Å². The van der Waals surface area contributed by atoms with E-state index in [1.54, 1.807) is 30.3 Å². The Kier molecular flexibility index (Phi) is 6.02. The van der Waals surface area contributed by atoms with Crippen LogP contribution < -0.4 is 16.8 Å². The summed E-state index contributed by atoms with van der Waals surface area (Å²) >= 11 is 0. The predicted molar refractivity (Wildman–Crippen MR) is 74.0 cm³/mol. The Bertz CT molecular complexity index is 488. The number of hydrogen-bond donors (Lipinski definition) is 4. The van der Waals surface area contributed by atoms with Gasteiger partial charge in [0.25, 0.3) is 0 Å². The summed E-state index contributed by atoms with van der Waals surface area (Å²) in [7, 11) is 0. The van der Waals surface area contributed by atoms with Gasteiger partial charge >= 0.3 is 0 Å². The summed E-state index contributed by atoms with van der Waals surface area (Å²) in [6.45, 7) is 0.295. The SMILES string of the molecule is NC(=O)CCCNC(=O)C(C(N)=NO)c1ccccc1. The Labute approximate surface area is 116 Å². The molecule has 1 unspecified atom stereocenters. The van der Waals surface area contributed by atoms with Gasteiger partial charge in [-0.3, -0.25) is 9.59 Å². The smallest absolute Gasteiger partial charge is 0.235 e. The van der Waals surface area contributed by atoms with Crippen molar-refractivity contribution in [3.05, 3.63) is 35.9 Å². The molecule has 0 aromatic heterocycles. The van der Waals surface area contributed by atoms with Crippen LogP contribution >= 0.6 is 0 Å². The summed E-state index contributed by atoms with van der Waals surface area (Å²) in [4.78, 5) is 22.7. The monoisotopic (exact) mass is 278 g/mol. The highest BCUT2D eigenvalue weighted by atomic mass is 16.4. The van der Waals surface area contributed by atoms with E-state index < -0.39 is 17.7 Å². The second-order valence-corrected chi connectivity index (χ2v) is 4.23. The molecule has 1 aromatic rings. The maximum absolute atomic E-state index is 12.1. The Morgan fingerprint density at radius 3 is 2.45 bits per heavy atom. The fraction of sp³-hybridized carbons (Fsp3) is 0.308. The van der Waals surface area contributed by atoms with E-state index >= 15 is 0 Å². The summed E-state index contributed by atoms with van der Waals surface area (Å²) in [5.41, 5.74) is 11.2. The molecular formula is C13H18N4O3. The van der Waals surface area contributed by atoms with E-state index in [2.05, 4.69) is 10.5 Å². The number of amides is 2. The number of carbonyl (C=O) groups excluding carboxylic acids is 2. The maximum atomic E-state index is 12.1. The average molecular weight is 278 g/mol. The molecule has 0 aliphatic rings. The molecule has 1 atom stereocenters. The van der Waals surface area contributed by atoms with Gasteiger partial charge in [-0.05, 0) is 12.0 Å². The highest BCUT2D eigenvalue weighted by molar-refractivity contribution is 6.07. The van der Waals surface area contributed by atoms with Gasteiger partial charge in [-0.15, -0.1) is 0 Å². The Morgan fingerprint density at radius 1 is 1.25 bits per heavy atom. The first kappa shape index (κ1) is 15.5. The van der Waals surface area contributed by atoms with Crippen molar-refractivity contribution in [1.29, 1.82) is 0 Å². The van der Waals surface area contributed by atoms with Crippen LogP contribution in [0.1, 0.15) is 24.3 Å². The molecule has 2 amide bonds. The van der Waals surface area contributed by atoms with Crippen molar-refractivity contribution in [3.63, 3.8) is 0 Å². The molecule has 7 nitrogen and oxygen atoms in total. The molecule has 0 spiro atoms. The maximum Gasteiger partial charge on any atom is 0.235 e. The van der Waals surface area contributed by atoms with Gasteiger partial charge in [0.15, 0.2) is 5.84 Å². The summed E-state index contributed by atoms with van der Waals surface area (Å²) in [6, 6.07) is 8.75. The number of nitrogens with two attached hydrogens (primary N) is 2. The van der Waals surface area contributed by atoms with Crippen molar-refractivity contribution >= 4 is 17.6 Å². The van der Waals surface area contributed by atoms with Crippen molar-refractivity contribution in [2.45, 2.75) is 18.8 Å². The van der Waals surface area contributed by atoms with Gasteiger partial charge in [0, 0.05) is 13.0 Å². The van der Waals surface area contributed by atoms with E-state index in [-0.39, 0.29) is 12.3 Å². The Morgan fingerprint density at radius 2 is 1.90 bits per heavy atom. The van der Waals surface area contributed by atoms with E-state index in [0.29, 0.717) is 18.5 Å². The van der Waals surface area contributed by atoms with Crippen LogP contribution in [-0.4, -0.2) is 29.4 Å². The minimum atomic E-state index is -0.866. The molecule has 7 heteroatoms. The van der Waals surface area contributed by atoms with Crippen molar-refractivity contribution < 1.29 is 14.8 Å². The average Bonchev–Trinajstić information content (AvgIpc) is 2.44. The highest BCUT2D eigenvalue weighted by Gasteiger charge is 2.24. The van der Waals surface area contributed by atoms with Crippen LogP contribution in [0.4, 0.5) is 0 Å². The van der Waals surface area contributed by atoms with Crippen LogP contribution in [0.25, 0.3) is 0 Å². The molecule has 0 aliphatic heterocycles. The lowest BCUT2D eigenvalue weighted by Gasteiger charge is -2.15. The summed E-state index contributed by atoms with van der Waals surface area (Å²) in [6.07, 6.45) is 0.638. The second-order valence-electron chi connectivity index (χ2n) is 4.23. The first-order chi connectivity index (χ1) is 9.56. The van der Waals surface area contributed by atoms with Crippen LogP contribution in [0.3, 0.4) is 0 Å². The lowest BCUT2D eigenvalue weighted by atomic mass is 9.97. The van der Waals surface area contributed by atoms with Crippen molar-refractivity contribution in [2.24, 2.45) is 16.6 Å². The zero-order chi connectivity index (χ0) is 15.0. The minimum Gasteiger partial charge on any atom is -0.409 e. The quantitative estimate of drug-likeness (QED) is 0.182. The standard InChI is InChI=1S/C13H18N4O3/c14-10(18)7-4-8-16-13(19)11(12(15)17-20)9-5-2-1-3-6-9/h1-3,5-6,11,20H,4,7-8H2,(H2,14,18)(H2,15,17)(H,16,19). The van der Waals surface area contributed by atoms with E-state index in [1.165, 1.54) is 0 Å².